The molecule has 1 N–H and O–H groups in total. The van der Waals surface area contributed by atoms with Crippen LogP contribution in [0, 0.1) is 22.2 Å². The maximum atomic E-state index is 11.2. The van der Waals surface area contributed by atoms with Crippen LogP contribution in [0.5, 0.6) is 0 Å². The van der Waals surface area contributed by atoms with Gasteiger partial charge in [0.15, 0.2) is 0 Å². The minimum absolute atomic E-state index is 0.156. The van der Waals surface area contributed by atoms with E-state index in [0.717, 1.165) is 12.8 Å². The van der Waals surface area contributed by atoms with E-state index in [1.807, 2.05) is 0 Å². The molecule has 3 fully saturated rings. The van der Waals surface area contributed by atoms with Crippen molar-refractivity contribution in [3.63, 3.8) is 0 Å². The van der Waals surface area contributed by atoms with Gasteiger partial charge in [0.2, 0.25) is 0 Å². The summed E-state index contributed by atoms with van der Waals surface area (Å²) in [6.07, 6.45) is 7.35. The van der Waals surface area contributed by atoms with E-state index >= 15 is 0 Å². The fourth-order valence-electron chi connectivity index (χ4n) is 5.15. The zero-order valence-corrected chi connectivity index (χ0v) is 11.3. The van der Waals surface area contributed by atoms with Gasteiger partial charge in [-0.2, -0.15) is 0 Å². The Morgan fingerprint density at radius 1 is 1.06 bits per heavy atom. The van der Waals surface area contributed by atoms with Gasteiger partial charge >= 0.3 is 0 Å². The molecule has 0 aromatic rings. The summed E-state index contributed by atoms with van der Waals surface area (Å²) in [5.74, 6) is 0.711. The number of hydrogen-bond acceptors (Lipinski definition) is 1. The first-order valence-corrected chi connectivity index (χ1v) is 6.99. The minimum Gasteiger partial charge on any atom is -0.389 e. The highest BCUT2D eigenvalue weighted by atomic mass is 16.3. The fourth-order valence-corrected chi connectivity index (χ4v) is 5.15. The minimum atomic E-state index is -0.370. The maximum Gasteiger partial charge on any atom is 0.0714 e. The Morgan fingerprint density at radius 3 is 2.25 bits per heavy atom. The Balaban J connectivity index is 2.06. The number of rotatable bonds is 0. The van der Waals surface area contributed by atoms with Gasteiger partial charge < -0.3 is 5.11 Å². The van der Waals surface area contributed by atoms with Crippen molar-refractivity contribution in [2.24, 2.45) is 22.2 Å². The topological polar surface area (TPSA) is 20.2 Å². The van der Waals surface area contributed by atoms with E-state index in [0.29, 0.717) is 16.7 Å². The summed E-state index contributed by atoms with van der Waals surface area (Å²) >= 11 is 0. The van der Waals surface area contributed by atoms with Crippen LogP contribution >= 0.6 is 0 Å². The first-order valence-electron chi connectivity index (χ1n) is 6.99. The number of aliphatic hydroxyl groups is 1. The summed E-state index contributed by atoms with van der Waals surface area (Å²) in [5.41, 5.74) is 0.600. The Bertz CT molecular complexity index is 328. The lowest BCUT2D eigenvalue weighted by Gasteiger charge is -2.52. The van der Waals surface area contributed by atoms with E-state index in [9.17, 15) is 5.11 Å². The summed E-state index contributed by atoms with van der Waals surface area (Å²) in [7, 11) is 0. The van der Waals surface area contributed by atoms with Crippen molar-refractivity contribution < 1.29 is 5.11 Å². The largest absolute Gasteiger partial charge is 0.389 e. The molecule has 1 heteroatoms. The van der Waals surface area contributed by atoms with Gasteiger partial charge in [-0.3, -0.25) is 0 Å². The van der Waals surface area contributed by atoms with Gasteiger partial charge in [0, 0.05) is 5.41 Å². The third-order valence-electron chi connectivity index (χ3n) is 7.04. The average Bonchev–Trinajstić information content (AvgIpc) is 2.90. The van der Waals surface area contributed by atoms with Gasteiger partial charge in [0.05, 0.1) is 5.60 Å². The number of hydrogen-bond donors (Lipinski definition) is 1. The Kier molecular flexibility index (Phi) is 1.86. The SMILES string of the molecule is C[C@@H]1CC[C@@]2(C)C(C)(C)C3(CC3)C[C@@]2(O)C1. The van der Waals surface area contributed by atoms with Crippen LogP contribution in [0.3, 0.4) is 0 Å². The molecule has 3 aliphatic rings. The highest BCUT2D eigenvalue weighted by molar-refractivity contribution is 5.24. The summed E-state index contributed by atoms with van der Waals surface area (Å²) in [5, 5.41) is 11.2. The summed E-state index contributed by atoms with van der Waals surface area (Å²) in [6.45, 7) is 9.52. The highest BCUT2D eigenvalue weighted by Gasteiger charge is 2.75. The molecule has 0 saturated heterocycles. The molecule has 3 atom stereocenters. The molecule has 16 heavy (non-hydrogen) atoms. The van der Waals surface area contributed by atoms with E-state index in [2.05, 4.69) is 27.7 Å². The zero-order chi connectivity index (χ0) is 11.8. The predicted molar refractivity (Wildman–Crippen MR) is 66.1 cm³/mol. The summed E-state index contributed by atoms with van der Waals surface area (Å²) < 4.78 is 0. The second kappa shape index (κ2) is 2.68. The summed E-state index contributed by atoms with van der Waals surface area (Å²) in [6, 6.07) is 0. The molecule has 0 heterocycles. The maximum absolute atomic E-state index is 11.2. The molecule has 3 aliphatic carbocycles. The molecular formula is C15H26O. The number of fused-ring (bicyclic) bond motifs is 1. The van der Waals surface area contributed by atoms with Crippen LogP contribution < -0.4 is 0 Å². The van der Waals surface area contributed by atoms with Crippen LogP contribution in [-0.4, -0.2) is 10.7 Å². The smallest absolute Gasteiger partial charge is 0.0714 e. The van der Waals surface area contributed by atoms with Crippen LogP contribution in [0.15, 0.2) is 0 Å². The first kappa shape index (κ1) is 11.1. The van der Waals surface area contributed by atoms with Crippen LogP contribution in [-0.2, 0) is 0 Å². The Morgan fingerprint density at radius 2 is 1.69 bits per heavy atom. The lowest BCUT2D eigenvalue weighted by atomic mass is 9.54. The zero-order valence-electron chi connectivity index (χ0n) is 11.3. The first-order chi connectivity index (χ1) is 7.27. The van der Waals surface area contributed by atoms with Gasteiger partial charge in [0.1, 0.15) is 0 Å². The Hall–Kier alpha value is -0.0400. The van der Waals surface area contributed by atoms with Crippen LogP contribution in [0.1, 0.15) is 66.2 Å². The van der Waals surface area contributed by atoms with Crippen molar-refractivity contribution in [1.29, 1.82) is 0 Å². The normalized spacial score (nSPS) is 52.7. The van der Waals surface area contributed by atoms with Crippen molar-refractivity contribution in [3.05, 3.63) is 0 Å². The van der Waals surface area contributed by atoms with E-state index in [1.165, 1.54) is 25.7 Å². The van der Waals surface area contributed by atoms with E-state index in [1.54, 1.807) is 0 Å². The van der Waals surface area contributed by atoms with Crippen LogP contribution in [0.2, 0.25) is 0 Å². The van der Waals surface area contributed by atoms with Crippen LogP contribution in [0.4, 0.5) is 0 Å². The second-order valence-electron chi connectivity index (χ2n) is 7.79. The lowest BCUT2D eigenvalue weighted by Crippen LogP contribution is -2.52. The molecule has 0 aliphatic heterocycles. The van der Waals surface area contributed by atoms with Crippen LogP contribution in [0.25, 0.3) is 0 Å². The predicted octanol–water partition coefficient (Wildman–Crippen LogP) is 3.75. The molecule has 0 radical (unpaired) electrons. The highest BCUT2D eigenvalue weighted by Crippen LogP contribution is 2.79. The van der Waals surface area contributed by atoms with Crippen molar-refractivity contribution in [2.45, 2.75) is 71.8 Å². The average molecular weight is 222 g/mol. The molecule has 0 bridgehead atoms. The van der Waals surface area contributed by atoms with Crippen molar-refractivity contribution in [2.75, 3.05) is 0 Å². The lowest BCUT2D eigenvalue weighted by molar-refractivity contribution is -0.131. The summed E-state index contributed by atoms with van der Waals surface area (Å²) in [4.78, 5) is 0. The fraction of sp³-hybridized carbons (Fsp3) is 1.00. The monoisotopic (exact) mass is 222 g/mol. The standard InChI is InChI=1S/C15H26O/c1-11-5-6-13(4)12(2,3)14(7-8-14)10-15(13,16)9-11/h11,16H,5-10H2,1-4H3/t11-,13+,15+/m1/s1. The van der Waals surface area contributed by atoms with Crippen molar-refractivity contribution in [3.8, 4) is 0 Å². The van der Waals surface area contributed by atoms with Gasteiger partial charge in [-0.15, -0.1) is 0 Å². The van der Waals surface area contributed by atoms with Crippen molar-refractivity contribution >= 4 is 0 Å². The van der Waals surface area contributed by atoms with Gasteiger partial charge in [-0.05, 0) is 55.3 Å². The molecule has 1 nitrogen and oxygen atoms in total. The van der Waals surface area contributed by atoms with E-state index in [-0.39, 0.29) is 11.0 Å². The van der Waals surface area contributed by atoms with Gasteiger partial charge in [0.25, 0.3) is 0 Å². The molecular weight excluding hydrogens is 196 g/mol. The van der Waals surface area contributed by atoms with Crippen molar-refractivity contribution in [1.82, 2.24) is 0 Å². The molecule has 3 saturated carbocycles. The molecule has 92 valence electrons. The quantitative estimate of drug-likeness (QED) is 0.662. The Labute approximate surface area is 99.6 Å². The molecule has 0 aromatic carbocycles. The molecule has 1 spiro atoms. The second-order valence-corrected chi connectivity index (χ2v) is 7.79. The molecule has 0 aromatic heterocycles. The van der Waals surface area contributed by atoms with E-state index in [4.69, 9.17) is 0 Å². The van der Waals surface area contributed by atoms with E-state index < -0.39 is 0 Å². The van der Waals surface area contributed by atoms with Gasteiger partial charge in [-0.25, -0.2) is 0 Å². The third kappa shape index (κ3) is 0.978. The molecule has 3 rings (SSSR count). The third-order valence-corrected chi connectivity index (χ3v) is 7.04. The molecule has 0 amide bonds. The molecule has 0 unspecified atom stereocenters. The van der Waals surface area contributed by atoms with Gasteiger partial charge in [-0.1, -0.05) is 27.7 Å².